The molecule has 0 spiro atoms. The second-order valence-electron chi connectivity index (χ2n) is 5.83. The van der Waals surface area contributed by atoms with Crippen molar-refractivity contribution in [3.8, 4) is 0 Å². The molecular weight excluding hydrogens is 288 g/mol. The lowest BCUT2D eigenvalue weighted by Crippen LogP contribution is -2.34. The summed E-state index contributed by atoms with van der Waals surface area (Å²) in [5.74, 6) is 0. The van der Waals surface area contributed by atoms with Crippen molar-refractivity contribution in [2.45, 2.75) is 45.0 Å². The quantitative estimate of drug-likeness (QED) is 0.681. The number of rotatable bonds is 6. The molecule has 122 valence electrons. The monoisotopic (exact) mass is 310 g/mol. The highest BCUT2D eigenvalue weighted by Crippen LogP contribution is 2.19. The smallest absolute Gasteiger partial charge is 0.407 e. The SMILES string of the molecule is CC(C)(C)OC(=O)NCCC(O)C(O)c1ncccc1C=O. The van der Waals surface area contributed by atoms with Crippen molar-refractivity contribution in [2.75, 3.05) is 6.54 Å². The predicted octanol–water partition coefficient (Wildman–Crippen LogP) is 1.20. The molecular formula is C15H22N2O5. The number of amides is 1. The molecule has 2 atom stereocenters. The number of alkyl carbamates (subject to hydrolysis) is 1. The van der Waals surface area contributed by atoms with E-state index < -0.39 is 23.9 Å². The zero-order valence-electron chi connectivity index (χ0n) is 12.9. The Morgan fingerprint density at radius 2 is 2.14 bits per heavy atom. The van der Waals surface area contributed by atoms with E-state index in [1.165, 1.54) is 12.3 Å². The van der Waals surface area contributed by atoms with Gasteiger partial charge in [0.25, 0.3) is 0 Å². The summed E-state index contributed by atoms with van der Waals surface area (Å²) >= 11 is 0. The van der Waals surface area contributed by atoms with Crippen molar-refractivity contribution >= 4 is 12.4 Å². The van der Waals surface area contributed by atoms with Gasteiger partial charge in [0, 0.05) is 18.3 Å². The summed E-state index contributed by atoms with van der Waals surface area (Å²) in [5, 5.41) is 22.5. The lowest BCUT2D eigenvalue weighted by molar-refractivity contribution is 0.00963. The van der Waals surface area contributed by atoms with E-state index in [0.29, 0.717) is 6.29 Å². The lowest BCUT2D eigenvalue weighted by atomic mass is 10.0. The Labute approximate surface area is 129 Å². The van der Waals surface area contributed by atoms with Crippen molar-refractivity contribution in [3.05, 3.63) is 29.6 Å². The number of pyridine rings is 1. The average molecular weight is 310 g/mol. The van der Waals surface area contributed by atoms with Crippen LogP contribution < -0.4 is 5.32 Å². The van der Waals surface area contributed by atoms with Crippen LogP contribution in [0.5, 0.6) is 0 Å². The van der Waals surface area contributed by atoms with Gasteiger partial charge in [0.15, 0.2) is 6.29 Å². The van der Waals surface area contributed by atoms with Crippen LogP contribution in [-0.2, 0) is 4.74 Å². The number of nitrogens with one attached hydrogen (secondary N) is 1. The largest absolute Gasteiger partial charge is 0.444 e. The molecule has 0 bridgehead atoms. The number of carbonyl (C=O) groups excluding carboxylic acids is 2. The second-order valence-corrected chi connectivity index (χ2v) is 5.83. The summed E-state index contributed by atoms with van der Waals surface area (Å²) in [6.45, 7) is 5.35. The third-order valence-corrected chi connectivity index (χ3v) is 2.75. The molecule has 7 nitrogen and oxygen atoms in total. The summed E-state index contributed by atoms with van der Waals surface area (Å²) in [5.41, 5.74) is -0.272. The van der Waals surface area contributed by atoms with Crippen molar-refractivity contribution in [1.29, 1.82) is 0 Å². The van der Waals surface area contributed by atoms with E-state index in [4.69, 9.17) is 4.74 Å². The molecule has 0 aliphatic heterocycles. The minimum Gasteiger partial charge on any atom is -0.444 e. The molecule has 0 radical (unpaired) electrons. The number of ether oxygens (including phenoxy) is 1. The molecule has 1 aromatic rings. The van der Waals surface area contributed by atoms with Crippen LogP contribution in [0.3, 0.4) is 0 Å². The van der Waals surface area contributed by atoms with Gasteiger partial charge < -0.3 is 20.3 Å². The molecule has 0 fully saturated rings. The number of aromatic nitrogens is 1. The fraction of sp³-hybridized carbons (Fsp3) is 0.533. The molecule has 1 aromatic heterocycles. The Morgan fingerprint density at radius 3 is 2.73 bits per heavy atom. The van der Waals surface area contributed by atoms with Crippen LogP contribution in [-0.4, -0.2) is 45.8 Å². The van der Waals surface area contributed by atoms with E-state index in [-0.39, 0.29) is 24.2 Å². The van der Waals surface area contributed by atoms with E-state index >= 15 is 0 Å². The molecule has 0 saturated heterocycles. The number of carbonyl (C=O) groups is 2. The highest BCUT2D eigenvalue weighted by Gasteiger charge is 2.22. The first-order chi connectivity index (χ1) is 10.2. The van der Waals surface area contributed by atoms with E-state index in [9.17, 15) is 19.8 Å². The van der Waals surface area contributed by atoms with E-state index in [0.717, 1.165) is 0 Å². The maximum Gasteiger partial charge on any atom is 0.407 e. The number of aliphatic hydroxyl groups is 2. The van der Waals surface area contributed by atoms with E-state index in [1.807, 2.05) is 0 Å². The number of aliphatic hydroxyl groups excluding tert-OH is 2. The Hall–Kier alpha value is -1.99. The van der Waals surface area contributed by atoms with Gasteiger partial charge in [-0.2, -0.15) is 0 Å². The van der Waals surface area contributed by atoms with Gasteiger partial charge >= 0.3 is 6.09 Å². The molecule has 0 aliphatic carbocycles. The van der Waals surface area contributed by atoms with Gasteiger partial charge in [-0.3, -0.25) is 9.78 Å². The molecule has 2 unspecified atom stereocenters. The second kappa shape index (κ2) is 7.86. The van der Waals surface area contributed by atoms with E-state index in [2.05, 4.69) is 10.3 Å². The Morgan fingerprint density at radius 1 is 1.45 bits per heavy atom. The van der Waals surface area contributed by atoms with Crippen LogP contribution in [0.25, 0.3) is 0 Å². The topological polar surface area (TPSA) is 109 Å². The first-order valence-corrected chi connectivity index (χ1v) is 6.97. The Kier molecular flexibility index (Phi) is 6.45. The third kappa shape index (κ3) is 5.79. The highest BCUT2D eigenvalue weighted by atomic mass is 16.6. The van der Waals surface area contributed by atoms with Crippen molar-refractivity contribution in [3.63, 3.8) is 0 Å². The minimum atomic E-state index is -1.30. The molecule has 0 saturated carbocycles. The van der Waals surface area contributed by atoms with E-state index in [1.54, 1.807) is 26.8 Å². The zero-order valence-corrected chi connectivity index (χ0v) is 12.9. The Balaban J connectivity index is 2.50. The maximum absolute atomic E-state index is 11.4. The average Bonchev–Trinajstić information content (AvgIpc) is 2.44. The molecule has 1 heterocycles. The van der Waals surface area contributed by atoms with Gasteiger partial charge in [-0.25, -0.2) is 4.79 Å². The van der Waals surface area contributed by atoms with Gasteiger partial charge in [0.05, 0.1) is 11.8 Å². The summed E-state index contributed by atoms with van der Waals surface area (Å²) in [6, 6.07) is 3.07. The number of nitrogens with zero attached hydrogens (tertiary/aromatic N) is 1. The molecule has 0 aliphatic rings. The summed E-state index contributed by atoms with van der Waals surface area (Å²) < 4.78 is 5.05. The van der Waals surface area contributed by atoms with Crippen LogP contribution in [0.2, 0.25) is 0 Å². The number of hydrogen-bond donors (Lipinski definition) is 3. The van der Waals surface area contributed by atoms with Crippen LogP contribution >= 0.6 is 0 Å². The van der Waals surface area contributed by atoms with Crippen LogP contribution in [0, 0.1) is 0 Å². The van der Waals surface area contributed by atoms with Gasteiger partial charge in [0.2, 0.25) is 0 Å². The maximum atomic E-state index is 11.4. The number of aldehydes is 1. The first-order valence-electron chi connectivity index (χ1n) is 6.97. The van der Waals surface area contributed by atoms with Gasteiger partial charge in [-0.15, -0.1) is 0 Å². The van der Waals surface area contributed by atoms with Crippen molar-refractivity contribution in [1.82, 2.24) is 10.3 Å². The molecule has 1 rings (SSSR count). The molecule has 22 heavy (non-hydrogen) atoms. The Bertz CT molecular complexity index is 513. The molecule has 7 heteroatoms. The highest BCUT2D eigenvalue weighted by molar-refractivity contribution is 5.76. The lowest BCUT2D eigenvalue weighted by Gasteiger charge is -2.21. The summed E-state index contributed by atoms with van der Waals surface area (Å²) in [6.07, 6.45) is -0.977. The standard InChI is InChI=1S/C15H22N2O5/c1-15(2,3)22-14(21)17-8-6-11(19)13(20)12-10(9-18)5-4-7-16-12/h4-5,7,9,11,13,19-20H,6,8H2,1-3H3,(H,17,21). The molecule has 1 amide bonds. The first kappa shape index (κ1) is 18.1. The predicted molar refractivity (Wildman–Crippen MR) is 79.4 cm³/mol. The van der Waals surface area contributed by atoms with Crippen molar-refractivity contribution < 1.29 is 24.5 Å². The summed E-state index contributed by atoms with van der Waals surface area (Å²) in [7, 11) is 0. The van der Waals surface area contributed by atoms with Gasteiger partial charge in [0.1, 0.15) is 11.7 Å². The third-order valence-electron chi connectivity index (χ3n) is 2.75. The zero-order chi connectivity index (χ0) is 16.8. The minimum absolute atomic E-state index is 0.0925. The van der Waals surface area contributed by atoms with Gasteiger partial charge in [-0.1, -0.05) is 0 Å². The number of hydrogen-bond acceptors (Lipinski definition) is 6. The molecule has 3 N–H and O–H groups in total. The van der Waals surface area contributed by atoms with Gasteiger partial charge in [-0.05, 0) is 39.3 Å². The molecule has 0 aromatic carbocycles. The fourth-order valence-electron chi connectivity index (χ4n) is 1.75. The van der Waals surface area contributed by atoms with Crippen LogP contribution in [0.4, 0.5) is 4.79 Å². The van der Waals surface area contributed by atoms with Crippen LogP contribution in [0.15, 0.2) is 18.3 Å². The van der Waals surface area contributed by atoms with Crippen LogP contribution in [0.1, 0.15) is 49.3 Å². The van der Waals surface area contributed by atoms with Crippen molar-refractivity contribution in [2.24, 2.45) is 0 Å². The summed E-state index contributed by atoms with van der Waals surface area (Å²) in [4.78, 5) is 26.2. The fourth-order valence-corrected chi connectivity index (χ4v) is 1.75. The normalized spacial score (nSPS) is 14.0.